The summed E-state index contributed by atoms with van der Waals surface area (Å²) in [5.74, 6) is -0.963. The molecule has 8 nitrogen and oxygen atoms in total. The summed E-state index contributed by atoms with van der Waals surface area (Å²) in [6.45, 7) is 0. The molecule has 0 radical (unpaired) electrons. The largest absolute Gasteiger partial charge is 0.495 e. The monoisotopic (exact) mass is 311 g/mol. The molecule has 9 heteroatoms. The van der Waals surface area contributed by atoms with Gasteiger partial charge in [-0.1, -0.05) is 0 Å². The minimum Gasteiger partial charge on any atom is -0.495 e. The molecule has 1 aromatic carbocycles. The first kappa shape index (κ1) is 14.9. The van der Waals surface area contributed by atoms with Crippen molar-refractivity contribution in [1.29, 1.82) is 0 Å². The Balaban J connectivity index is 2.42. The van der Waals surface area contributed by atoms with Crippen molar-refractivity contribution in [3.05, 3.63) is 36.3 Å². The van der Waals surface area contributed by atoms with Crippen molar-refractivity contribution in [1.82, 2.24) is 9.55 Å². The topological polar surface area (TPSA) is 111 Å². The SMILES string of the molecule is COc1ccc(C(=O)O)cc1NS(=O)(=O)c1cn(C)cn1. The lowest BCUT2D eigenvalue weighted by molar-refractivity contribution is 0.0697. The van der Waals surface area contributed by atoms with Gasteiger partial charge in [0.15, 0.2) is 5.03 Å². The third-order valence-electron chi connectivity index (χ3n) is 2.65. The standard InChI is InChI=1S/C12H13N3O5S/c1-15-6-11(13-7-15)21(18,19)14-9-5-8(12(16)17)3-4-10(9)20-2/h3-7,14H,1-2H3,(H,16,17). The summed E-state index contributed by atoms with van der Waals surface area (Å²) in [7, 11) is -0.930. The predicted octanol–water partition coefficient (Wildman–Crippen LogP) is 0.928. The molecule has 0 atom stereocenters. The number of benzene rings is 1. The van der Waals surface area contributed by atoms with Crippen LogP contribution < -0.4 is 9.46 Å². The van der Waals surface area contributed by atoms with E-state index in [2.05, 4.69) is 9.71 Å². The van der Waals surface area contributed by atoms with E-state index in [0.717, 1.165) is 0 Å². The number of hydrogen-bond donors (Lipinski definition) is 2. The average molecular weight is 311 g/mol. The first-order chi connectivity index (χ1) is 9.83. The lowest BCUT2D eigenvalue weighted by Crippen LogP contribution is -2.14. The van der Waals surface area contributed by atoms with E-state index in [9.17, 15) is 13.2 Å². The normalized spacial score (nSPS) is 11.1. The Morgan fingerprint density at radius 1 is 1.43 bits per heavy atom. The number of imidazole rings is 1. The van der Waals surface area contributed by atoms with E-state index in [1.165, 1.54) is 42.4 Å². The molecule has 0 aliphatic carbocycles. The summed E-state index contributed by atoms with van der Waals surface area (Å²) >= 11 is 0. The minimum absolute atomic E-state index is 0.0306. The van der Waals surface area contributed by atoms with Gasteiger partial charge >= 0.3 is 5.97 Å². The van der Waals surface area contributed by atoms with E-state index in [1.54, 1.807) is 7.05 Å². The fourth-order valence-corrected chi connectivity index (χ4v) is 2.69. The van der Waals surface area contributed by atoms with Crippen LogP contribution in [0.5, 0.6) is 5.75 Å². The van der Waals surface area contributed by atoms with Crippen molar-refractivity contribution in [3.63, 3.8) is 0 Å². The van der Waals surface area contributed by atoms with E-state index >= 15 is 0 Å². The molecular weight excluding hydrogens is 298 g/mol. The Bertz CT molecular complexity index is 782. The molecule has 1 heterocycles. The van der Waals surface area contributed by atoms with Crippen LogP contribution in [0, 0.1) is 0 Å². The number of ether oxygens (including phenoxy) is 1. The molecule has 0 aliphatic rings. The second-order valence-electron chi connectivity index (χ2n) is 4.20. The maximum atomic E-state index is 12.2. The Labute approximate surface area is 121 Å². The molecule has 2 N–H and O–H groups in total. The zero-order chi connectivity index (χ0) is 15.6. The molecule has 0 unspecified atom stereocenters. The maximum absolute atomic E-state index is 12.2. The van der Waals surface area contributed by atoms with Crippen molar-refractivity contribution < 1.29 is 23.1 Å². The maximum Gasteiger partial charge on any atom is 0.335 e. The van der Waals surface area contributed by atoms with Crippen molar-refractivity contribution >= 4 is 21.7 Å². The number of hydrogen-bond acceptors (Lipinski definition) is 5. The number of aromatic carboxylic acids is 1. The quantitative estimate of drug-likeness (QED) is 0.849. The lowest BCUT2D eigenvalue weighted by Gasteiger charge is -2.11. The zero-order valence-electron chi connectivity index (χ0n) is 11.3. The van der Waals surface area contributed by atoms with Gasteiger partial charge in [-0.05, 0) is 18.2 Å². The molecule has 0 aliphatic heterocycles. The van der Waals surface area contributed by atoms with Crippen molar-refractivity contribution in [3.8, 4) is 5.75 Å². The fraction of sp³-hybridized carbons (Fsp3) is 0.167. The number of carboxylic acids is 1. The number of aromatic nitrogens is 2. The van der Waals surface area contributed by atoms with Crippen LogP contribution in [-0.4, -0.2) is 36.2 Å². The Hall–Kier alpha value is -2.55. The number of nitrogens with zero attached hydrogens (tertiary/aromatic N) is 2. The summed E-state index contributed by atoms with van der Waals surface area (Å²) in [6, 6.07) is 3.88. The highest BCUT2D eigenvalue weighted by Crippen LogP contribution is 2.27. The van der Waals surface area contributed by atoms with Gasteiger partial charge in [-0.25, -0.2) is 9.78 Å². The van der Waals surface area contributed by atoms with E-state index in [1.807, 2.05) is 0 Å². The van der Waals surface area contributed by atoms with Crippen LogP contribution in [-0.2, 0) is 17.1 Å². The average Bonchev–Trinajstić information content (AvgIpc) is 2.85. The molecule has 112 valence electrons. The van der Waals surface area contributed by atoms with Crippen molar-refractivity contribution in [2.45, 2.75) is 5.03 Å². The number of sulfonamides is 1. The van der Waals surface area contributed by atoms with Crippen LogP contribution in [0.2, 0.25) is 0 Å². The van der Waals surface area contributed by atoms with Gasteiger partial charge in [0, 0.05) is 13.2 Å². The summed E-state index contributed by atoms with van der Waals surface area (Å²) in [6.07, 6.45) is 2.68. The van der Waals surface area contributed by atoms with Crippen LogP contribution in [0.15, 0.2) is 35.7 Å². The number of nitrogens with one attached hydrogen (secondary N) is 1. The number of carboxylic acid groups (broad SMARTS) is 1. The molecule has 0 amide bonds. The molecule has 1 aromatic heterocycles. The number of anilines is 1. The minimum atomic E-state index is -3.92. The van der Waals surface area contributed by atoms with E-state index in [4.69, 9.17) is 9.84 Å². The van der Waals surface area contributed by atoms with Gasteiger partial charge in [0.2, 0.25) is 0 Å². The number of rotatable bonds is 5. The van der Waals surface area contributed by atoms with Crippen molar-refractivity contribution in [2.75, 3.05) is 11.8 Å². The smallest absolute Gasteiger partial charge is 0.335 e. The highest BCUT2D eigenvalue weighted by Gasteiger charge is 2.20. The Morgan fingerprint density at radius 3 is 2.67 bits per heavy atom. The van der Waals surface area contributed by atoms with Crippen LogP contribution in [0.4, 0.5) is 5.69 Å². The molecule has 21 heavy (non-hydrogen) atoms. The van der Waals surface area contributed by atoms with Gasteiger partial charge in [0.05, 0.1) is 24.7 Å². The Morgan fingerprint density at radius 2 is 2.14 bits per heavy atom. The summed E-state index contributed by atoms with van der Waals surface area (Å²) in [5, 5.41) is 8.78. The highest BCUT2D eigenvalue weighted by atomic mass is 32.2. The first-order valence-electron chi connectivity index (χ1n) is 5.75. The molecule has 2 aromatic rings. The Kier molecular flexibility index (Phi) is 3.85. The third-order valence-corrected chi connectivity index (χ3v) is 3.90. The summed E-state index contributed by atoms with van der Waals surface area (Å²) in [5.41, 5.74) is -0.0300. The number of carbonyl (C=O) groups is 1. The fourth-order valence-electron chi connectivity index (χ4n) is 1.65. The van der Waals surface area contributed by atoms with Crippen molar-refractivity contribution in [2.24, 2.45) is 7.05 Å². The number of methoxy groups -OCH3 is 1. The summed E-state index contributed by atoms with van der Waals surface area (Å²) in [4.78, 5) is 14.7. The van der Waals surface area contributed by atoms with Gasteiger partial charge < -0.3 is 14.4 Å². The van der Waals surface area contributed by atoms with Crippen LogP contribution in [0.1, 0.15) is 10.4 Å². The van der Waals surface area contributed by atoms with Gasteiger partial charge in [-0.2, -0.15) is 8.42 Å². The number of aryl methyl sites for hydroxylation is 1. The molecule has 0 saturated heterocycles. The predicted molar refractivity (Wildman–Crippen MR) is 74.0 cm³/mol. The molecule has 0 spiro atoms. The van der Waals surface area contributed by atoms with E-state index in [-0.39, 0.29) is 22.0 Å². The van der Waals surface area contributed by atoms with Gasteiger partial charge in [-0.15, -0.1) is 0 Å². The molecular formula is C12H13N3O5S. The molecule has 0 fully saturated rings. The third kappa shape index (κ3) is 3.14. The van der Waals surface area contributed by atoms with Gasteiger partial charge in [0.25, 0.3) is 10.0 Å². The van der Waals surface area contributed by atoms with Gasteiger partial charge in [0.1, 0.15) is 5.75 Å². The highest BCUT2D eigenvalue weighted by molar-refractivity contribution is 7.92. The van der Waals surface area contributed by atoms with Crippen LogP contribution in [0.3, 0.4) is 0 Å². The first-order valence-corrected chi connectivity index (χ1v) is 7.24. The van der Waals surface area contributed by atoms with E-state index < -0.39 is 16.0 Å². The summed E-state index contributed by atoms with van der Waals surface area (Å²) < 4.78 is 33.1. The van der Waals surface area contributed by atoms with Crippen LogP contribution >= 0.6 is 0 Å². The molecule has 0 saturated carbocycles. The lowest BCUT2D eigenvalue weighted by atomic mass is 10.2. The zero-order valence-corrected chi connectivity index (χ0v) is 12.1. The van der Waals surface area contributed by atoms with E-state index in [0.29, 0.717) is 0 Å². The molecule has 2 rings (SSSR count). The second kappa shape index (κ2) is 5.44. The van der Waals surface area contributed by atoms with Crippen LogP contribution in [0.25, 0.3) is 0 Å². The molecule has 0 bridgehead atoms. The second-order valence-corrected chi connectivity index (χ2v) is 5.83. The van der Waals surface area contributed by atoms with Gasteiger partial charge in [-0.3, -0.25) is 4.72 Å².